The fourth-order valence-corrected chi connectivity index (χ4v) is 2.91. The first-order valence-electron chi connectivity index (χ1n) is 5.73. The lowest BCUT2D eigenvalue weighted by Crippen LogP contribution is -2.20. The highest BCUT2D eigenvalue weighted by Crippen LogP contribution is 2.30. The van der Waals surface area contributed by atoms with Gasteiger partial charge in [-0.3, -0.25) is 4.79 Å². The van der Waals surface area contributed by atoms with E-state index >= 15 is 0 Å². The molecule has 1 unspecified atom stereocenters. The largest absolute Gasteiger partial charge is 0.315 e. The molecule has 1 aromatic carbocycles. The van der Waals surface area contributed by atoms with E-state index in [-0.39, 0.29) is 5.91 Å². The van der Waals surface area contributed by atoms with Gasteiger partial charge < -0.3 is 10.2 Å². The molecule has 0 aromatic heterocycles. The molecule has 1 aliphatic heterocycles. The molecular weight excluding hydrogens is 232 g/mol. The fraction of sp³-hybridized carbons (Fsp3) is 0.462. The van der Waals surface area contributed by atoms with E-state index < -0.39 is 0 Å². The van der Waals surface area contributed by atoms with Gasteiger partial charge in [0.15, 0.2) is 0 Å². The number of likely N-dealkylation sites (N-methyl/N-ethyl adjacent to an activating group) is 1. The van der Waals surface area contributed by atoms with E-state index in [9.17, 15) is 4.79 Å². The number of amides is 1. The Morgan fingerprint density at radius 3 is 2.94 bits per heavy atom. The zero-order valence-corrected chi connectivity index (χ0v) is 11.3. The lowest BCUT2D eigenvalue weighted by molar-refractivity contribution is -0.117. The predicted octanol–water partition coefficient (Wildman–Crippen LogP) is 1.83. The van der Waals surface area contributed by atoms with Crippen molar-refractivity contribution in [3.63, 3.8) is 0 Å². The minimum absolute atomic E-state index is 0.183. The monoisotopic (exact) mass is 250 g/mol. The molecule has 0 aliphatic carbocycles. The molecule has 1 amide bonds. The molecule has 4 heteroatoms. The molecule has 0 saturated heterocycles. The number of thioether (sulfide) groups is 1. The molecule has 0 saturated carbocycles. The maximum Gasteiger partial charge on any atom is 0.231 e. The summed E-state index contributed by atoms with van der Waals surface area (Å²) in [5.74, 6) is 1.22. The van der Waals surface area contributed by atoms with Crippen LogP contribution in [0.25, 0.3) is 0 Å². The van der Waals surface area contributed by atoms with Gasteiger partial charge >= 0.3 is 0 Å². The highest BCUT2D eigenvalue weighted by atomic mass is 32.2. The maximum atomic E-state index is 11.6. The first kappa shape index (κ1) is 12.5. The Bertz CT molecular complexity index is 433. The summed E-state index contributed by atoms with van der Waals surface area (Å²) in [5.41, 5.74) is 3.47. The number of benzene rings is 1. The third kappa shape index (κ3) is 2.33. The molecule has 0 radical (unpaired) electrons. The Hall–Kier alpha value is -1.00. The highest BCUT2D eigenvalue weighted by molar-refractivity contribution is 7.98. The maximum absolute atomic E-state index is 11.6. The Labute approximate surface area is 107 Å². The second kappa shape index (κ2) is 5.10. The van der Waals surface area contributed by atoms with Crippen LogP contribution in [0.4, 0.5) is 5.69 Å². The van der Waals surface area contributed by atoms with Gasteiger partial charge in [-0.2, -0.15) is 11.8 Å². The van der Waals surface area contributed by atoms with E-state index in [1.165, 1.54) is 5.56 Å². The third-order valence-corrected chi connectivity index (χ3v) is 3.93. The lowest BCUT2D eigenvalue weighted by Gasteiger charge is -2.17. The lowest BCUT2D eigenvalue weighted by atomic mass is 10.0. The van der Waals surface area contributed by atoms with Crippen molar-refractivity contribution < 1.29 is 4.79 Å². The SMILES string of the molecule is CNC(CSC)c1ccc2c(c1)CC(=O)N2C. The number of carbonyl (C=O) groups excluding carboxylic acids is 1. The van der Waals surface area contributed by atoms with Crippen LogP contribution < -0.4 is 10.2 Å². The van der Waals surface area contributed by atoms with Gasteiger partial charge in [0.25, 0.3) is 0 Å². The Morgan fingerprint density at radius 1 is 1.53 bits per heavy atom. The fourth-order valence-electron chi connectivity index (χ4n) is 2.22. The summed E-state index contributed by atoms with van der Waals surface area (Å²) < 4.78 is 0. The first-order chi connectivity index (χ1) is 8.17. The molecule has 92 valence electrons. The third-order valence-electron chi connectivity index (χ3n) is 3.26. The number of rotatable bonds is 4. The van der Waals surface area contributed by atoms with Crippen LogP contribution >= 0.6 is 11.8 Å². The number of anilines is 1. The molecule has 1 aliphatic rings. The van der Waals surface area contributed by atoms with Crippen LogP contribution in [0.2, 0.25) is 0 Å². The molecule has 0 spiro atoms. The van der Waals surface area contributed by atoms with Gasteiger partial charge in [0.1, 0.15) is 0 Å². The number of carbonyl (C=O) groups is 1. The van der Waals surface area contributed by atoms with Crippen molar-refractivity contribution >= 4 is 23.4 Å². The first-order valence-corrected chi connectivity index (χ1v) is 7.12. The summed E-state index contributed by atoms with van der Waals surface area (Å²) in [5, 5.41) is 3.31. The second-order valence-electron chi connectivity index (χ2n) is 4.31. The van der Waals surface area contributed by atoms with Crippen LogP contribution in [0.15, 0.2) is 18.2 Å². The van der Waals surface area contributed by atoms with Gasteiger partial charge in [-0.15, -0.1) is 0 Å². The van der Waals surface area contributed by atoms with Gasteiger partial charge in [-0.05, 0) is 30.5 Å². The van der Waals surface area contributed by atoms with E-state index in [4.69, 9.17) is 0 Å². The summed E-state index contributed by atoms with van der Waals surface area (Å²) in [6.45, 7) is 0. The molecule has 1 heterocycles. The molecular formula is C13H18N2OS. The summed E-state index contributed by atoms with van der Waals surface area (Å²) in [4.78, 5) is 13.4. The quantitative estimate of drug-likeness (QED) is 0.885. The summed E-state index contributed by atoms with van der Waals surface area (Å²) >= 11 is 1.82. The Morgan fingerprint density at radius 2 is 2.29 bits per heavy atom. The zero-order chi connectivity index (χ0) is 12.4. The van der Waals surface area contributed by atoms with E-state index in [0.717, 1.165) is 17.0 Å². The smallest absolute Gasteiger partial charge is 0.231 e. The molecule has 17 heavy (non-hydrogen) atoms. The van der Waals surface area contributed by atoms with Gasteiger partial charge in [-0.1, -0.05) is 12.1 Å². The van der Waals surface area contributed by atoms with Crippen molar-refractivity contribution in [2.75, 3.05) is 31.0 Å². The van der Waals surface area contributed by atoms with Crippen LogP contribution in [-0.4, -0.2) is 32.0 Å². The molecule has 1 aromatic rings. The predicted molar refractivity (Wildman–Crippen MR) is 73.7 cm³/mol. The average Bonchev–Trinajstić information content (AvgIpc) is 2.61. The minimum Gasteiger partial charge on any atom is -0.315 e. The standard InChI is InChI=1S/C13H18N2OS/c1-14-11(8-17-3)9-4-5-12-10(6-9)7-13(16)15(12)2/h4-6,11,14H,7-8H2,1-3H3. The highest BCUT2D eigenvalue weighted by Gasteiger charge is 2.24. The molecule has 1 N–H and O–H groups in total. The van der Waals surface area contributed by atoms with E-state index in [2.05, 4.69) is 29.8 Å². The minimum atomic E-state index is 0.183. The van der Waals surface area contributed by atoms with Crippen molar-refractivity contribution in [2.45, 2.75) is 12.5 Å². The van der Waals surface area contributed by atoms with Gasteiger partial charge in [0.05, 0.1) is 6.42 Å². The second-order valence-corrected chi connectivity index (χ2v) is 5.22. The van der Waals surface area contributed by atoms with E-state index in [1.54, 1.807) is 4.90 Å². The summed E-state index contributed by atoms with van der Waals surface area (Å²) in [7, 11) is 3.82. The molecule has 1 atom stereocenters. The Kier molecular flexibility index (Phi) is 3.74. The topological polar surface area (TPSA) is 32.3 Å². The number of fused-ring (bicyclic) bond motifs is 1. The van der Waals surface area contributed by atoms with Crippen molar-refractivity contribution in [2.24, 2.45) is 0 Å². The summed E-state index contributed by atoms with van der Waals surface area (Å²) in [6, 6.07) is 6.69. The number of nitrogens with one attached hydrogen (secondary N) is 1. The van der Waals surface area contributed by atoms with Gasteiger partial charge in [-0.25, -0.2) is 0 Å². The molecule has 3 nitrogen and oxygen atoms in total. The zero-order valence-electron chi connectivity index (χ0n) is 10.5. The number of hydrogen-bond acceptors (Lipinski definition) is 3. The van der Waals surface area contributed by atoms with Crippen LogP contribution in [0.3, 0.4) is 0 Å². The van der Waals surface area contributed by atoms with Crippen LogP contribution in [0.1, 0.15) is 17.2 Å². The van der Waals surface area contributed by atoms with Crippen LogP contribution in [-0.2, 0) is 11.2 Å². The summed E-state index contributed by atoms with van der Waals surface area (Å²) in [6.07, 6.45) is 2.64. The van der Waals surface area contributed by atoms with Crippen molar-refractivity contribution in [3.05, 3.63) is 29.3 Å². The van der Waals surface area contributed by atoms with Crippen LogP contribution in [0, 0.1) is 0 Å². The molecule has 0 bridgehead atoms. The van der Waals surface area contributed by atoms with Crippen LogP contribution in [0.5, 0.6) is 0 Å². The average molecular weight is 250 g/mol. The van der Waals surface area contributed by atoms with Crippen molar-refractivity contribution in [1.29, 1.82) is 0 Å². The molecule has 0 fully saturated rings. The van der Waals surface area contributed by atoms with Crippen molar-refractivity contribution in [3.8, 4) is 0 Å². The van der Waals surface area contributed by atoms with Gasteiger partial charge in [0, 0.05) is 24.5 Å². The number of nitrogens with zero attached hydrogens (tertiary/aromatic N) is 1. The van der Waals surface area contributed by atoms with E-state index in [1.807, 2.05) is 25.9 Å². The Balaban J connectivity index is 2.29. The number of hydrogen-bond donors (Lipinski definition) is 1. The van der Waals surface area contributed by atoms with Gasteiger partial charge in [0.2, 0.25) is 5.91 Å². The van der Waals surface area contributed by atoms with Crippen molar-refractivity contribution in [1.82, 2.24) is 5.32 Å². The van der Waals surface area contributed by atoms with E-state index in [0.29, 0.717) is 12.5 Å². The molecule has 2 rings (SSSR count). The normalized spacial score (nSPS) is 16.2.